The van der Waals surface area contributed by atoms with Crippen LogP contribution >= 0.6 is 11.3 Å². The average Bonchev–Trinajstić information content (AvgIpc) is 3.22. The molecular weight excluding hydrogens is 394 g/mol. The zero-order valence-corrected chi connectivity index (χ0v) is 18.5. The third-order valence-electron chi connectivity index (χ3n) is 6.10. The highest BCUT2D eigenvalue weighted by Gasteiger charge is 2.39. The van der Waals surface area contributed by atoms with Crippen LogP contribution in [0.5, 0.6) is 5.75 Å². The van der Waals surface area contributed by atoms with Crippen LogP contribution in [0.15, 0.2) is 53.9 Å². The van der Waals surface area contributed by atoms with Crippen molar-refractivity contribution in [3.8, 4) is 5.75 Å². The molecule has 1 saturated heterocycles. The summed E-state index contributed by atoms with van der Waals surface area (Å²) in [6.07, 6.45) is 2.06. The van der Waals surface area contributed by atoms with Gasteiger partial charge in [0.1, 0.15) is 5.75 Å². The molecule has 1 aliphatic heterocycles. The van der Waals surface area contributed by atoms with Crippen LogP contribution in [0.1, 0.15) is 35.2 Å². The van der Waals surface area contributed by atoms with E-state index < -0.39 is 0 Å². The monoisotopic (exact) mass is 423 g/mol. The number of hydrogen-bond donors (Lipinski definition) is 1. The zero-order chi connectivity index (χ0) is 21.0. The number of nitrogens with zero attached hydrogens (tertiary/aromatic N) is 2. The summed E-state index contributed by atoms with van der Waals surface area (Å²) in [6, 6.07) is 17.2. The first kappa shape index (κ1) is 20.8. The van der Waals surface area contributed by atoms with Gasteiger partial charge in [0.05, 0.1) is 19.4 Å². The molecule has 0 spiro atoms. The van der Waals surface area contributed by atoms with E-state index in [0.717, 1.165) is 49.5 Å². The van der Waals surface area contributed by atoms with Crippen LogP contribution in [0, 0.1) is 0 Å². The molecule has 2 N–H and O–H groups in total. The second-order valence-electron chi connectivity index (χ2n) is 7.87. The maximum Gasteiger partial charge on any atom is 0.180 e. The van der Waals surface area contributed by atoms with E-state index in [0.29, 0.717) is 11.7 Å². The number of benzene rings is 2. The predicted octanol–water partition coefficient (Wildman–Crippen LogP) is 4.46. The van der Waals surface area contributed by atoms with Crippen molar-refractivity contribution in [1.29, 1.82) is 0 Å². The number of rotatable bonds is 7. The summed E-state index contributed by atoms with van der Waals surface area (Å²) >= 11 is 1.53. The molecule has 4 rings (SSSR count). The van der Waals surface area contributed by atoms with Gasteiger partial charge in [-0.1, -0.05) is 36.4 Å². The van der Waals surface area contributed by atoms with E-state index in [9.17, 15) is 0 Å². The fourth-order valence-electron chi connectivity index (χ4n) is 4.51. The van der Waals surface area contributed by atoms with Crippen LogP contribution < -0.4 is 10.5 Å². The van der Waals surface area contributed by atoms with Gasteiger partial charge < -0.3 is 15.2 Å². The number of piperidine rings is 1. The Kier molecular flexibility index (Phi) is 6.37. The van der Waals surface area contributed by atoms with Gasteiger partial charge in [-0.15, -0.1) is 11.3 Å². The quantitative estimate of drug-likeness (QED) is 0.608. The number of methoxy groups -OCH3 is 2. The summed E-state index contributed by atoms with van der Waals surface area (Å²) in [5.74, 6) is 0.878. The van der Waals surface area contributed by atoms with Gasteiger partial charge in [-0.05, 0) is 49.2 Å². The van der Waals surface area contributed by atoms with Gasteiger partial charge in [0.25, 0.3) is 0 Å². The molecule has 0 aliphatic carbocycles. The largest absolute Gasteiger partial charge is 0.496 e. The van der Waals surface area contributed by atoms with Crippen molar-refractivity contribution in [3.05, 3.63) is 76.3 Å². The van der Waals surface area contributed by atoms with Crippen LogP contribution in [0.3, 0.4) is 0 Å². The molecule has 3 aromatic rings. The van der Waals surface area contributed by atoms with Crippen molar-refractivity contribution < 1.29 is 9.47 Å². The molecule has 5 nitrogen and oxygen atoms in total. The summed E-state index contributed by atoms with van der Waals surface area (Å²) in [6.45, 7) is 3.50. The van der Waals surface area contributed by atoms with E-state index in [1.54, 1.807) is 14.2 Å². The molecule has 1 fully saturated rings. The fourth-order valence-corrected chi connectivity index (χ4v) is 5.17. The Hall–Kier alpha value is -2.41. The third kappa shape index (κ3) is 4.21. The lowest BCUT2D eigenvalue weighted by atomic mass is 9.70. The third-order valence-corrected chi connectivity index (χ3v) is 6.77. The van der Waals surface area contributed by atoms with Crippen molar-refractivity contribution in [2.75, 3.05) is 33.0 Å². The van der Waals surface area contributed by atoms with Gasteiger partial charge in [-0.2, -0.15) is 0 Å². The fraction of sp³-hybridized carbons (Fsp3) is 0.375. The number of hydrogen-bond acceptors (Lipinski definition) is 6. The Bertz CT molecular complexity index is 966. The van der Waals surface area contributed by atoms with Crippen molar-refractivity contribution in [3.63, 3.8) is 0 Å². The van der Waals surface area contributed by atoms with E-state index in [-0.39, 0.29) is 5.41 Å². The second kappa shape index (κ2) is 9.16. The zero-order valence-electron chi connectivity index (χ0n) is 17.6. The Morgan fingerprint density at radius 2 is 1.87 bits per heavy atom. The van der Waals surface area contributed by atoms with Crippen molar-refractivity contribution in [1.82, 2.24) is 9.88 Å². The smallest absolute Gasteiger partial charge is 0.180 e. The van der Waals surface area contributed by atoms with E-state index in [2.05, 4.69) is 52.7 Å². The van der Waals surface area contributed by atoms with E-state index >= 15 is 0 Å². The molecule has 2 aromatic carbocycles. The number of aromatic nitrogens is 1. The average molecular weight is 424 g/mol. The predicted molar refractivity (Wildman–Crippen MR) is 122 cm³/mol. The normalized spacial score (nSPS) is 16.5. The minimum Gasteiger partial charge on any atom is -0.496 e. The Labute approximate surface area is 182 Å². The summed E-state index contributed by atoms with van der Waals surface area (Å²) < 4.78 is 10.8. The van der Waals surface area contributed by atoms with Crippen LogP contribution in [0.4, 0.5) is 5.13 Å². The lowest BCUT2D eigenvalue weighted by molar-refractivity contribution is 0.169. The molecule has 0 saturated carbocycles. The maximum absolute atomic E-state index is 5.99. The van der Waals surface area contributed by atoms with Gasteiger partial charge in [0.2, 0.25) is 0 Å². The molecule has 0 atom stereocenters. The standard InChI is InChI=1S/C24H29N3O2S/c1-28-16-19-14-18(8-9-21(19)29-2)15-27-12-10-24(11-13-27,20-6-4-3-5-7-20)22-17-30-23(25)26-22/h3-9,14,17H,10-13,15-16H2,1-2H3,(H2,25,26). The van der Waals surface area contributed by atoms with E-state index in [4.69, 9.17) is 20.2 Å². The van der Waals surface area contributed by atoms with Crippen LogP contribution in [0.25, 0.3) is 0 Å². The number of nitrogens with two attached hydrogens (primary N) is 1. The molecule has 0 unspecified atom stereocenters. The molecule has 1 aliphatic rings. The number of thiazole rings is 1. The Morgan fingerprint density at radius 1 is 1.10 bits per heavy atom. The minimum atomic E-state index is -0.0625. The summed E-state index contributed by atoms with van der Waals surface area (Å²) in [7, 11) is 3.42. The molecular formula is C24H29N3O2S. The van der Waals surface area contributed by atoms with Gasteiger partial charge in [-0.25, -0.2) is 4.98 Å². The topological polar surface area (TPSA) is 60.6 Å². The Morgan fingerprint density at radius 3 is 2.50 bits per heavy atom. The van der Waals surface area contributed by atoms with Crippen LogP contribution in [-0.4, -0.2) is 37.2 Å². The van der Waals surface area contributed by atoms with Gasteiger partial charge in [0, 0.05) is 30.0 Å². The molecule has 1 aromatic heterocycles. The SMILES string of the molecule is COCc1cc(CN2CCC(c3ccccc3)(c3csc(N)n3)CC2)ccc1OC. The van der Waals surface area contributed by atoms with Gasteiger partial charge in [-0.3, -0.25) is 4.90 Å². The number of anilines is 1. The first-order chi connectivity index (χ1) is 14.6. The minimum absolute atomic E-state index is 0.0625. The van der Waals surface area contributed by atoms with Crippen molar-refractivity contribution in [2.45, 2.75) is 31.4 Å². The van der Waals surface area contributed by atoms with Crippen molar-refractivity contribution in [2.24, 2.45) is 0 Å². The molecule has 0 amide bonds. The van der Waals surface area contributed by atoms with Gasteiger partial charge >= 0.3 is 0 Å². The lowest BCUT2D eigenvalue weighted by Gasteiger charge is -2.41. The molecule has 158 valence electrons. The van der Waals surface area contributed by atoms with Crippen LogP contribution in [-0.2, 0) is 23.3 Å². The van der Waals surface area contributed by atoms with Gasteiger partial charge in [0.15, 0.2) is 5.13 Å². The highest BCUT2D eigenvalue weighted by molar-refractivity contribution is 7.13. The molecule has 0 bridgehead atoms. The highest BCUT2D eigenvalue weighted by atomic mass is 32.1. The summed E-state index contributed by atoms with van der Waals surface area (Å²) in [5.41, 5.74) is 10.8. The Balaban J connectivity index is 1.52. The van der Waals surface area contributed by atoms with Crippen molar-refractivity contribution >= 4 is 16.5 Å². The van der Waals surface area contributed by atoms with Crippen LogP contribution in [0.2, 0.25) is 0 Å². The number of ether oxygens (including phenoxy) is 2. The highest BCUT2D eigenvalue weighted by Crippen LogP contribution is 2.42. The first-order valence-corrected chi connectivity index (χ1v) is 11.2. The molecule has 6 heteroatoms. The number of likely N-dealkylation sites (tertiary alicyclic amines) is 1. The maximum atomic E-state index is 5.99. The van der Waals surface area contributed by atoms with E-state index in [1.165, 1.54) is 22.5 Å². The number of nitrogen functional groups attached to an aromatic ring is 1. The first-order valence-electron chi connectivity index (χ1n) is 10.3. The molecule has 0 radical (unpaired) electrons. The lowest BCUT2D eigenvalue weighted by Crippen LogP contribution is -2.43. The summed E-state index contributed by atoms with van der Waals surface area (Å²) in [4.78, 5) is 7.22. The van der Waals surface area contributed by atoms with E-state index in [1.807, 2.05) is 6.07 Å². The second-order valence-corrected chi connectivity index (χ2v) is 8.76. The molecule has 30 heavy (non-hydrogen) atoms. The molecule has 2 heterocycles. The summed E-state index contributed by atoms with van der Waals surface area (Å²) in [5, 5.41) is 2.78.